The Morgan fingerprint density at radius 1 is 1.15 bits per heavy atom. The van der Waals surface area contributed by atoms with Crippen molar-refractivity contribution >= 4 is 10.0 Å². The van der Waals surface area contributed by atoms with Crippen molar-refractivity contribution in [2.24, 2.45) is 5.14 Å². The molecule has 146 valence electrons. The number of piperazine rings is 1. The van der Waals surface area contributed by atoms with Gasteiger partial charge in [-0.05, 0) is 41.8 Å². The zero-order chi connectivity index (χ0) is 19.3. The smallest absolute Gasteiger partial charge is 0.238 e. The second kappa shape index (κ2) is 8.84. The molecular weight excluding hydrogens is 362 g/mol. The molecule has 3 N–H and O–H groups in total. The number of nitrogens with two attached hydrogens (primary N) is 1. The van der Waals surface area contributed by atoms with Crippen LogP contribution in [-0.4, -0.2) is 46.1 Å². The van der Waals surface area contributed by atoms with E-state index in [-0.39, 0.29) is 4.90 Å². The number of sulfonamides is 1. The summed E-state index contributed by atoms with van der Waals surface area (Å²) in [7, 11) is -3.67. The third-order valence-corrected chi connectivity index (χ3v) is 5.86. The molecule has 7 heteroatoms. The molecule has 0 saturated carbocycles. The van der Waals surface area contributed by atoms with Gasteiger partial charge in [-0.3, -0.25) is 4.90 Å². The van der Waals surface area contributed by atoms with E-state index in [1.807, 2.05) is 0 Å². The van der Waals surface area contributed by atoms with E-state index in [1.54, 1.807) is 12.1 Å². The first-order valence-electron chi connectivity index (χ1n) is 9.26. The molecule has 1 heterocycles. The lowest BCUT2D eigenvalue weighted by molar-refractivity contribution is 0.134. The summed E-state index contributed by atoms with van der Waals surface area (Å²) in [4.78, 5) is 2.52. The van der Waals surface area contributed by atoms with Crippen molar-refractivity contribution in [2.45, 2.75) is 24.3 Å². The Kier molecular flexibility index (Phi) is 6.49. The highest BCUT2D eigenvalue weighted by Gasteiger charge is 2.23. The van der Waals surface area contributed by atoms with Gasteiger partial charge in [-0.2, -0.15) is 0 Å². The van der Waals surface area contributed by atoms with Crippen molar-refractivity contribution < 1.29 is 13.2 Å². The van der Waals surface area contributed by atoms with Gasteiger partial charge in [0.2, 0.25) is 10.0 Å². The Bertz CT molecular complexity index is 836. The maximum atomic E-state index is 11.3. The molecule has 2 aromatic carbocycles. The van der Waals surface area contributed by atoms with Crippen molar-refractivity contribution in [2.75, 3.05) is 32.8 Å². The summed E-state index contributed by atoms with van der Waals surface area (Å²) in [5.41, 5.74) is 2.66. The van der Waals surface area contributed by atoms with Crippen LogP contribution in [0.2, 0.25) is 0 Å². The van der Waals surface area contributed by atoms with Gasteiger partial charge in [-0.1, -0.05) is 31.2 Å². The molecule has 0 aromatic heterocycles. The number of hydrogen-bond donors (Lipinski definition) is 2. The Morgan fingerprint density at radius 3 is 2.48 bits per heavy atom. The van der Waals surface area contributed by atoms with Gasteiger partial charge in [0.1, 0.15) is 12.4 Å². The van der Waals surface area contributed by atoms with Crippen LogP contribution < -0.4 is 15.2 Å². The van der Waals surface area contributed by atoms with Gasteiger partial charge >= 0.3 is 0 Å². The quantitative estimate of drug-likeness (QED) is 0.756. The second-order valence-electron chi connectivity index (χ2n) is 6.72. The van der Waals surface area contributed by atoms with Gasteiger partial charge in [-0.25, -0.2) is 13.6 Å². The van der Waals surface area contributed by atoms with Crippen LogP contribution in [-0.2, 0) is 16.4 Å². The number of nitrogens with one attached hydrogen (secondary N) is 1. The topological polar surface area (TPSA) is 84.7 Å². The van der Waals surface area contributed by atoms with Crippen LogP contribution in [0.15, 0.2) is 53.4 Å². The predicted octanol–water partition coefficient (Wildman–Crippen LogP) is 1.92. The fourth-order valence-corrected chi connectivity index (χ4v) is 3.84. The Balaban J connectivity index is 1.58. The number of primary sulfonamides is 1. The van der Waals surface area contributed by atoms with Crippen LogP contribution in [0.5, 0.6) is 5.75 Å². The monoisotopic (exact) mass is 389 g/mol. The van der Waals surface area contributed by atoms with Crippen LogP contribution in [0, 0.1) is 0 Å². The van der Waals surface area contributed by atoms with E-state index in [9.17, 15) is 8.42 Å². The average molecular weight is 390 g/mol. The molecule has 3 rings (SSSR count). The Labute approximate surface area is 161 Å². The van der Waals surface area contributed by atoms with Crippen LogP contribution in [0.1, 0.15) is 24.1 Å². The molecule has 27 heavy (non-hydrogen) atoms. The molecule has 2 aromatic rings. The molecule has 1 fully saturated rings. The summed E-state index contributed by atoms with van der Waals surface area (Å²) in [6, 6.07) is 15.4. The lowest BCUT2D eigenvalue weighted by Crippen LogP contribution is -2.47. The van der Waals surface area contributed by atoms with E-state index in [4.69, 9.17) is 9.88 Å². The maximum Gasteiger partial charge on any atom is 0.238 e. The summed E-state index contributed by atoms with van der Waals surface area (Å²) in [6.45, 7) is 6.36. The number of nitrogens with zero attached hydrogens (tertiary/aromatic N) is 1. The van der Waals surface area contributed by atoms with Gasteiger partial charge in [0.15, 0.2) is 0 Å². The van der Waals surface area contributed by atoms with Crippen molar-refractivity contribution in [1.82, 2.24) is 10.2 Å². The van der Waals surface area contributed by atoms with Crippen LogP contribution in [0.4, 0.5) is 0 Å². The zero-order valence-electron chi connectivity index (χ0n) is 15.6. The number of hydrogen-bond acceptors (Lipinski definition) is 5. The van der Waals surface area contributed by atoms with Crippen molar-refractivity contribution in [3.63, 3.8) is 0 Å². The predicted molar refractivity (Wildman–Crippen MR) is 106 cm³/mol. The number of rotatable bonds is 7. The summed E-state index contributed by atoms with van der Waals surface area (Å²) >= 11 is 0. The third-order valence-electron chi connectivity index (χ3n) is 4.93. The maximum absolute atomic E-state index is 11.3. The molecule has 0 bridgehead atoms. The van der Waals surface area contributed by atoms with E-state index in [1.165, 1.54) is 23.3 Å². The summed E-state index contributed by atoms with van der Waals surface area (Å²) in [5, 5.41) is 8.58. The van der Waals surface area contributed by atoms with Crippen molar-refractivity contribution in [1.29, 1.82) is 0 Å². The van der Waals surface area contributed by atoms with Crippen LogP contribution in [0.25, 0.3) is 0 Å². The molecule has 0 amide bonds. The molecule has 0 spiro atoms. The molecule has 0 aliphatic carbocycles. The molecule has 1 aliphatic heterocycles. The van der Waals surface area contributed by atoms with Crippen molar-refractivity contribution in [3.05, 3.63) is 59.7 Å². The minimum absolute atomic E-state index is 0.0903. The fourth-order valence-electron chi connectivity index (χ4n) is 3.32. The van der Waals surface area contributed by atoms with E-state index in [2.05, 4.69) is 41.4 Å². The van der Waals surface area contributed by atoms with Gasteiger partial charge in [0.25, 0.3) is 0 Å². The summed E-state index contributed by atoms with van der Waals surface area (Å²) < 4.78 is 28.4. The highest BCUT2D eigenvalue weighted by Crippen LogP contribution is 2.23. The molecule has 0 radical (unpaired) electrons. The molecular formula is C20H27N3O3S. The van der Waals surface area contributed by atoms with E-state index < -0.39 is 10.0 Å². The highest BCUT2D eigenvalue weighted by molar-refractivity contribution is 7.89. The zero-order valence-corrected chi connectivity index (χ0v) is 16.4. The SMILES string of the molecule is CCc1ccc(C2CNCCN2CCOc2ccc(S(N)(=O)=O)cc2)cc1. The van der Waals surface area contributed by atoms with Crippen LogP contribution in [0.3, 0.4) is 0 Å². The first-order valence-corrected chi connectivity index (χ1v) is 10.8. The van der Waals surface area contributed by atoms with Crippen LogP contribution >= 0.6 is 0 Å². The highest BCUT2D eigenvalue weighted by atomic mass is 32.2. The first kappa shape index (κ1) is 19.8. The largest absolute Gasteiger partial charge is 0.492 e. The normalized spacial score (nSPS) is 18.4. The molecule has 6 nitrogen and oxygen atoms in total. The summed E-state index contributed by atoms with van der Waals surface area (Å²) in [5.74, 6) is 0.640. The Morgan fingerprint density at radius 2 is 1.85 bits per heavy atom. The second-order valence-corrected chi connectivity index (χ2v) is 8.28. The van der Waals surface area contributed by atoms with Gasteiger partial charge < -0.3 is 10.1 Å². The Hall–Kier alpha value is -1.93. The standard InChI is InChI=1S/C20H27N3O3S/c1-2-16-3-5-17(6-4-16)20-15-22-11-12-23(20)13-14-26-18-7-9-19(10-8-18)27(21,24)25/h3-10,20,22H,2,11-15H2,1H3,(H2,21,24,25). The first-order chi connectivity index (χ1) is 13.0. The van der Waals surface area contributed by atoms with Gasteiger partial charge in [0.05, 0.1) is 4.90 Å². The minimum Gasteiger partial charge on any atom is -0.492 e. The molecule has 1 unspecified atom stereocenters. The lowest BCUT2D eigenvalue weighted by atomic mass is 10.0. The van der Waals surface area contributed by atoms with Gasteiger partial charge in [0, 0.05) is 32.2 Å². The van der Waals surface area contributed by atoms with E-state index in [0.717, 1.165) is 32.6 Å². The average Bonchev–Trinajstić information content (AvgIpc) is 2.68. The fraction of sp³-hybridized carbons (Fsp3) is 0.400. The number of ether oxygens (including phenoxy) is 1. The van der Waals surface area contributed by atoms with Crippen molar-refractivity contribution in [3.8, 4) is 5.75 Å². The van der Waals surface area contributed by atoms with E-state index in [0.29, 0.717) is 18.4 Å². The molecule has 1 atom stereocenters. The molecule has 1 saturated heterocycles. The minimum atomic E-state index is -3.67. The number of aryl methyl sites for hydroxylation is 1. The number of benzene rings is 2. The molecule has 1 aliphatic rings. The summed E-state index contributed by atoms with van der Waals surface area (Å²) in [6.07, 6.45) is 1.05. The lowest BCUT2D eigenvalue weighted by Gasteiger charge is -2.36. The third kappa shape index (κ3) is 5.29. The van der Waals surface area contributed by atoms with E-state index >= 15 is 0 Å². The van der Waals surface area contributed by atoms with Gasteiger partial charge in [-0.15, -0.1) is 0 Å².